The van der Waals surface area contributed by atoms with Crippen LogP contribution in [0, 0.1) is 0 Å². The molecule has 2 N–H and O–H groups in total. The van der Waals surface area contributed by atoms with Gasteiger partial charge < -0.3 is 14.6 Å². The lowest BCUT2D eigenvalue weighted by atomic mass is 10.0. The van der Waals surface area contributed by atoms with Crippen molar-refractivity contribution in [3.05, 3.63) is 47.9 Å². The van der Waals surface area contributed by atoms with Crippen molar-refractivity contribution in [3.63, 3.8) is 0 Å². The van der Waals surface area contributed by atoms with Gasteiger partial charge >= 0.3 is 11.9 Å². The van der Waals surface area contributed by atoms with Crippen LogP contribution in [0.25, 0.3) is 11.1 Å². The molecule has 0 radical (unpaired) electrons. The molecule has 0 amide bonds. The fourth-order valence-corrected chi connectivity index (χ4v) is 1.56. The number of hydrogen-bond donors (Lipinski definition) is 2. The van der Waals surface area contributed by atoms with Crippen LogP contribution in [0.4, 0.5) is 0 Å². The fraction of sp³-hybridized carbons (Fsp3) is 0. The summed E-state index contributed by atoms with van der Waals surface area (Å²) in [6, 6.07) is 8.40. The molecule has 0 bridgehead atoms. The minimum atomic E-state index is -1.30. The van der Waals surface area contributed by atoms with Crippen molar-refractivity contribution in [2.24, 2.45) is 0 Å². The molecule has 5 heteroatoms. The first kappa shape index (κ1) is 10.9. The highest BCUT2D eigenvalue weighted by atomic mass is 16.4. The number of aromatic carboxylic acids is 2. The highest BCUT2D eigenvalue weighted by Crippen LogP contribution is 2.29. The van der Waals surface area contributed by atoms with Gasteiger partial charge in [0.15, 0.2) is 0 Å². The lowest BCUT2D eigenvalue weighted by Gasteiger charge is -2.00. The number of hydrogen-bond acceptors (Lipinski definition) is 3. The number of carbonyl (C=O) groups is 2. The Morgan fingerprint density at radius 1 is 1.00 bits per heavy atom. The first-order valence-corrected chi connectivity index (χ1v) is 4.74. The molecule has 2 aromatic rings. The normalized spacial score (nSPS) is 10.1. The van der Waals surface area contributed by atoms with Crippen LogP contribution < -0.4 is 0 Å². The summed E-state index contributed by atoms with van der Waals surface area (Å²) in [4.78, 5) is 21.9. The number of rotatable bonds is 3. The number of carboxylic acid groups (broad SMARTS) is 2. The van der Waals surface area contributed by atoms with E-state index in [9.17, 15) is 9.59 Å². The smallest absolute Gasteiger partial charge is 0.372 e. The topological polar surface area (TPSA) is 87.7 Å². The lowest BCUT2D eigenvalue weighted by Crippen LogP contribution is -2.01. The van der Waals surface area contributed by atoms with Gasteiger partial charge in [0.1, 0.15) is 11.8 Å². The van der Waals surface area contributed by atoms with E-state index in [4.69, 9.17) is 14.6 Å². The summed E-state index contributed by atoms with van der Waals surface area (Å²) in [7, 11) is 0. The molecule has 1 aromatic heterocycles. The zero-order valence-corrected chi connectivity index (χ0v) is 8.58. The van der Waals surface area contributed by atoms with Crippen molar-refractivity contribution in [1.29, 1.82) is 0 Å². The van der Waals surface area contributed by atoms with Gasteiger partial charge in [-0.2, -0.15) is 0 Å². The second kappa shape index (κ2) is 4.13. The molecular weight excluding hydrogens is 224 g/mol. The maximum atomic E-state index is 11.0. The predicted molar refractivity (Wildman–Crippen MR) is 58.1 cm³/mol. The lowest BCUT2D eigenvalue weighted by molar-refractivity contribution is 0.0660. The summed E-state index contributed by atoms with van der Waals surface area (Å²) in [6.45, 7) is 0. The Hall–Kier alpha value is -2.56. The molecule has 0 fully saturated rings. The van der Waals surface area contributed by atoms with Gasteiger partial charge in [0.2, 0.25) is 5.76 Å². The maximum Gasteiger partial charge on any atom is 0.372 e. The monoisotopic (exact) mass is 232 g/mol. The van der Waals surface area contributed by atoms with Crippen LogP contribution in [-0.2, 0) is 0 Å². The first-order valence-electron chi connectivity index (χ1n) is 4.74. The van der Waals surface area contributed by atoms with Crippen LogP contribution in [-0.4, -0.2) is 22.2 Å². The van der Waals surface area contributed by atoms with E-state index in [1.54, 1.807) is 30.3 Å². The van der Waals surface area contributed by atoms with Gasteiger partial charge in [-0.1, -0.05) is 30.3 Å². The molecule has 0 saturated carbocycles. The minimum Gasteiger partial charge on any atom is -0.478 e. The van der Waals surface area contributed by atoms with Crippen molar-refractivity contribution in [2.75, 3.05) is 0 Å². The molecule has 17 heavy (non-hydrogen) atoms. The van der Waals surface area contributed by atoms with Crippen LogP contribution in [0.1, 0.15) is 20.9 Å². The molecule has 5 nitrogen and oxygen atoms in total. The van der Waals surface area contributed by atoms with Gasteiger partial charge in [0.05, 0.1) is 0 Å². The molecule has 0 aliphatic heterocycles. The standard InChI is InChI=1S/C12H8O5/c13-11(14)8-6-17-10(12(15)16)9(8)7-4-2-1-3-5-7/h1-6H,(H,13,14)(H,15,16). The van der Waals surface area contributed by atoms with E-state index in [1.807, 2.05) is 0 Å². The molecule has 2 rings (SSSR count). The van der Waals surface area contributed by atoms with Crippen molar-refractivity contribution < 1.29 is 24.2 Å². The second-order valence-corrected chi connectivity index (χ2v) is 3.33. The average molecular weight is 232 g/mol. The van der Waals surface area contributed by atoms with Gasteiger partial charge in [-0.25, -0.2) is 9.59 Å². The third-order valence-electron chi connectivity index (χ3n) is 2.28. The Bertz CT molecular complexity index is 536. The highest BCUT2D eigenvalue weighted by molar-refractivity contribution is 6.03. The van der Waals surface area contributed by atoms with Crippen molar-refractivity contribution in [2.45, 2.75) is 0 Å². The van der Waals surface area contributed by atoms with Gasteiger partial charge in [0, 0.05) is 5.56 Å². The number of benzene rings is 1. The van der Waals surface area contributed by atoms with Gasteiger partial charge in [0.25, 0.3) is 0 Å². The van der Waals surface area contributed by atoms with Crippen LogP contribution in [0.2, 0.25) is 0 Å². The Kier molecular flexibility index (Phi) is 2.66. The van der Waals surface area contributed by atoms with Crippen LogP contribution in [0.5, 0.6) is 0 Å². The highest BCUT2D eigenvalue weighted by Gasteiger charge is 2.24. The summed E-state index contributed by atoms with van der Waals surface area (Å²) >= 11 is 0. The Labute approximate surface area is 95.9 Å². The molecule has 0 aliphatic rings. The van der Waals surface area contributed by atoms with Crippen LogP contribution >= 0.6 is 0 Å². The van der Waals surface area contributed by atoms with E-state index in [2.05, 4.69) is 0 Å². The van der Waals surface area contributed by atoms with Gasteiger partial charge in [-0.05, 0) is 5.56 Å². The van der Waals surface area contributed by atoms with Crippen molar-refractivity contribution >= 4 is 11.9 Å². The minimum absolute atomic E-state index is 0.0885. The number of carboxylic acids is 2. The summed E-state index contributed by atoms with van der Waals surface area (Å²) in [5.41, 5.74) is 0.426. The Morgan fingerprint density at radius 3 is 2.18 bits per heavy atom. The quantitative estimate of drug-likeness (QED) is 0.847. The van der Waals surface area contributed by atoms with Crippen molar-refractivity contribution in [1.82, 2.24) is 0 Å². The molecule has 0 saturated heterocycles. The Morgan fingerprint density at radius 2 is 1.65 bits per heavy atom. The van der Waals surface area contributed by atoms with E-state index in [0.717, 1.165) is 6.26 Å². The first-order chi connectivity index (χ1) is 8.11. The zero-order valence-electron chi connectivity index (χ0n) is 8.58. The van der Waals surface area contributed by atoms with E-state index in [-0.39, 0.29) is 16.9 Å². The average Bonchev–Trinajstić information content (AvgIpc) is 2.74. The maximum absolute atomic E-state index is 11.0. The fourth-order valence-electron chi connectivity index (χ4n) is 1.56. The third kappa shape index (κ3) is 1.90. The number of furan rings is 1. The molecular formula is C12H8O5. The summed E-state index contributed by atoms with van der Waals surface area (Å²) < 4.78 is 4.79. The SMILES string of the molecule is O=C(O)c1coc(C(=O)O)c1-c1ccccc1. The molecule has 0 aliphatic carbocycles. The van der Waals surface area contributed by atoms with Crippen LogP contribution in [0.3, 0.4) is 0 Å². The van der Waals surface area contributed by atoms with E-state index in [1.165, 1.54) is 0 Å². The van der Waals surface area contributed by atoms with E-state index < -0.39 is 11.9 Å². The molecule has 86 valence electrons. The molecule has 1 heterocycles. The molecule has 0 spiro atoms. The Balaban J connectivity index is 2.69. The summed E-state index contributed by atoms with van der Waals surface area (Å²) in [5.74, 6) is -2.88. The summed E-state index contributed by atoms with van der Waals surface area (Å²) in [5, 5.41) is 17.9. The third-order valence-corrected chi connectivity index (χ3v) is 2.28. The van der Waals surface area contributed by atoms with E-state index in [0.29, 0.717) is 5.56 Å². The molecule has 1 aromatic carbocycles. The van der Waals surface area contributed by atoms with Gasteiger partial charge in [-0.3, -0.25) is 0 Å². The summed E-state index contributed by atoms with van der Waals surface area (Å²) in [6.07, 6.45) is 0.939. The molecule has 0 atom stereocenters. The van der Waals surface area contributed by atoms with Crippen molar-refractivity contribution in [3.8, 4) is 11.1 Å². The second-order valence-electron chi connectivity index (χ2n) is 3.33. The van der Waals surface area contributed by atoms with E-state index >= 15 is 0 Å². The van der Waals surface area contributed by atoms with Crippen LogP contribution in [0.15, 0.2) is 41.0 Å². The van der Waals surface area contributed by atoms with Gasteiger partial charge in [-0.15, -0.1) is 0 Å². The largest absolute Gasteiger partial charge is 0.478 e. The molecule has 0 unspecified atom stereocenters. The predicted octanol–water partition coefficient (Wildman–Crippen LogP) is 2.34. The zero-order chi connectivity index (χ0) is 12.4.